The Bertz CT molecular complexity index is 595. The summed E-state index contributed by atoms with van der Waals surface area (Å²) in [6.45, 7) is 1.21. The lowest BCUT2D eigenvalue weighted by Gasteiger charge is -2.20. The number of nitrogens with zero attached hydrogens (tertiary/aromatic N) is 1. The number of rotatable bonds is 4. The van der Waals surface area contributed by atoms with Gasteiger partial charge in [-0.1, -0.05) is 0 Å². The van der Waals surface area contributed by atoms with Crippen molar-refractivity contribution in [3.8, 4) is 11.5 Å². The van der Waals surface area contributed by atoms with Gasteiger partial charge in [-0.2, -0.15) is 4.31 Å². The number of benzene rings is 1. The zero-order valence-corrected chi connectivity index (χ0v) is 12.1. The molecule has 2 aliphatic rings. The van der Waals surface area contributed by atoms with Gasteiger partial charge in [0.05, 0.1) is 11.0 Å². The third-order valence-corrected chi connectivity index (χ3v) is 5.36. The maximum Gasteiger partial charge on any atom is 0.243 e. The topological polar surface area (TPSA) is 65.1 Å². The van der Waals surface area contributed by atoms with Gasteiger partial charge in [0, 0.05) is 26.3 Å². The van der Waals surface area contributed by atoms with Crippen LogP contribution in [0.15, 0.2) is 23.1 Å². The van der Waals surface area contributed by atoms with Crippen LogP contribution >= 0.6 is 0 Å². The van der Waals surface area contributed by atoms with Gasteiger partial charge in [-0.05, 0) is 25.0 Å². The molecule has 7 heteroatoms. The molecule has 1 unspecified atom stereocenters. The van der Waals surface area contributed by atoms with Crippen LogP contribution in [0, 0.1) is 0 Å². The first-order valence-electron chi connectivity index (χ1n) is 6.55. The molecule has 3 rings (SSSR count). The molecular weight excluding hydrogens is 282 g/mol. The summed E-state index contributed by atoms with van der Waals surface area (Å²) in [5.41, 5.74) is 0. The third kappa shape index (κ3) is 2.48. The van der Waals surface area contributed by atoms with Gasteiger partial charge in [-0.3, -0.25) is 0 Å². The maximum absolute atomic E-state index is 12.5. The molecule has 0 aromatic heterocycles. The minimum absolute atomic E-state index is 0.0104. The van der Waals surface area contributed by atoms with Crippen LogP contribution < -0.4 is 9.47 Å². The third-order valence-electron chi connectivity index (χ3n) is 3.54. The molecule has 0 N–H and O–H groups in total. The van der Waals surface area contributed by atoms with E-state index in [4.69, 9.17) is 14.2 Å². The second kappa shape index (κ2) is 5.23. The lowest BCUT2D eigenvalue weighted by Crippen LogP contribution is -2.34. The summed E-state index contributed by atoms with van der Waals surface area (Å²) < 4.78 is 42.2. The molecule has 1 atom stereocenters. The van der Waals surface area contributed by atoms with Crippen molar-refractivity contribution in [2.24, 2.45) is 0 Å². The largest absolute Gasteiger partial charge is 0.454 e. The van der Waals surface area contributed by atoms with Crippen molar-refractivity contribution in [3.05, 3.63) is 18.2 Å². The fraction of sp³-hybridized carbons (Fsp3) is 0.538. The van der Waals surface area contributed by atoms with E-state index in [1.165, 1.54) is 16.4 Å². The van der Waals surface area contributed by atoms with E-state index in [9.17, 15) is 8.42 Å². The Morgan fingerprint density at radius 2 is 2.10 bits per heavy atom. The number of likely N-dealkylation sites (N-methyl/N-ethyl adjacent to an activating group) is 1. The average molecular weight is 299 g/mol. The second-order valence-corrected chi connectivity index (χ2v) is 6.98. The van der Waals surface area contributed by atoms with Crippen LogP contribution in [0.5, 0.6) is 11.5 Å². The van der Waals surface area contributed by atoms with Gasteiger partial charge in [0.15, 0.2) is 11.5 Å². The highest BCUT2D eigenvalue weighted by Gasteiger charge is 2.27. The Balaban J connectivity index is 1.79. The zero-order chi connectivity index (χ0) is 14.2. The highest BCUT2D eigenvalue weighted by atomic mass is 32.2. The van der Waals surface area contributed by atoms with Gasteiger partial charge in [-0.15, -0.1) is 0 Å². The van der Waals surface area contributed by atoms with Crippen molar-refractivity contribution in [1.82, 2.24) is 4.31 Å². The molecule has 0 aliphatic carbocycles. The van der Waals surface area contributed by atoms with E-state index in [1.54, 1.807) is 13.1 Å². The Hall–Kier alpha value is -1.31. The first-order valence-corrected chi connectivity index (χ1v) is 7.99. The van der Waals surface area contributed by atoms with E-state index in [-0.39, 0.29) is 17.8 Å². The van der Waals surface area contributed by atoms with E-state index in [0.717, 1.165) is 12.8 Å². The first-order chi connectivity index (χ1) is 9.57. The van der Waals surface area contributed by atoms with Crippen LogP contribution in [0.2, 0.25) is 0 Å². The van der Waals surface area contributed by atoms with Crippen LogP contribution in [0.1, 0.15) is 12.8 Å². The molecule has 0 amide bonds. The average Bonchev–Trinajstić information content (AvgIpc) is 3.07. The van der Waals surface area contributed by atoms with Crippen LogP contribution in [0.3, 0.4) is 0 Å². The van der Waals surface area contributed by atoms with Crippen LogP contribution in [-0.2, 0) is 14.8 Å². The minimum Gasteiger partial charge on any atom is -0.454 e. The molecule has 20 heavy (non-hydrogen) atoms. The summed E-state index contributed by atoms with van der Waals surface area (Å²) in [6, 6.07) is 4.66. The number of ether oxygens (including phenoxy) is 3. The van der Waals surface area contributed by atoms with E-state index >= 15 is 0 Å². The van der Waals surface area contributed by atoms with Crippen LogP contribution in [0.4, 0.5) is 0 Å². The molecule has 1 aromatic carbocycles. The van der Waals surface area contributed by atoms with E-state index in [2.05, 4.69) is 0 Å². The van der Waals surface area contributed by atoms with Gasteiger partial charge in [-0.25, -0.2) is 8.42 Å². The highest BCUT2D eigenvalue weighted by molar-refractivity contribution is 7.89. The summed E-state index contributed by atoms with van der Waals surface area (Å²) >= 11 is 0. The van der Waals surface area contributed by atoms with Crippen molar-refractivity contribution in [2.75, 3.05) is 27.0 Å². The van der Waals surface area contributed by atoms with E-state index in [1.807, 2.05) is 0 Å². The Morgan fingerprint density at radius 1 is 1.30 bits per heavy atom. The highest BCUT2D eigenvalue weighted by Crippen LogP contribution is 2.34. The van der Waals surface area contributed by atoms with Crippen molar-refractivity contribution in [1.29, 1.82) is 0 Å². The molecule has 1 aromatic rings. The zero-order valence-electron chi connectivity index (χ0n) is 11.2. The fourth-order valence-electron chi connectivity index (χ4n) is 2.39. The molecule has 1 saturated heterocycles. The van der Waals surface area contributed by atoms with Crippen LogP contribution in [0.25, 0.3) is 0 Å². The molecule has 0 radical (unpaired) electrons. The first kappa shape index (κ1) is 13.7. The monoisotopic (exact) mass is 299 g/mol. The van der Waals surface area contributed by atoms with Gasteiger partial charge >= 0.3 is 0 Å². The molecule has 0 bridgehead atoms. The standard InChI is InChI=1S/C13H17NO5S/c1-14(8-10-3-2-6-17-10)20(15,16)11-4-5-12-13(7-11)19-9-18-12/h4-5,7,10H,2-3,6,8-9H2,1H3. The summed E-state index contributed by atoms with van der Waals surface area (Å²) in [7, 11) is -1.96. The molecular formula is C13H17NO5S. The molecule has 2 aliphatic heterocycles. The molecule has 6 nitrogen and oxygen atoms in total. The lowest BCUT2D eigenvalue weighted by atomic mass is 10.2. The van der Waals surface area contributed by atoms with Crippen LogP contribution in [-0.4, -0.2) is 45.8 Å². The van der Waals surface area contributed by atoms with E-state index in [0.29, 0.717) is 24.7 Å². The smallest absolute Gasteiger partial charge is 0.243 e. The molecule has 0 saturated carbocycles. The van der Waals surface area contributed by atoms with Crippen molar-refractivity contribution in [3.63, 3.8) is 0 Å². The van der Waals surface area contributed by atoms with Gasteiger partial charge in [0.1, 0.15) is 0 Å². The predicted octanol–water partition coefficient (Wildman–Crippen LogP) is 1.21. The molecule has 2 heterocycles. The summed E-state index contributed by atoms with van der Waals surface area (Å²) in [4.78, 5) is 0.210. The number of hydrogen-bond acceptors (Lipinski definition) is 5. The van der Waals surface area contributed by atoms with E-state index < -0.39 is 10.0 Å². The number of sulfonamides is 1. The van der Waals surface area contributed by atoms with Crippen molar-refractivity contribution >= 4 is 10.0 Å². The fourth-order valence-corrected chi connectivity index (χ4v) is 3.61. The Labute approximate surface area is 118 Å². The van der Waals surface area contributed by atoms with Crippen molar-refractivity contribution in [2.45, 2.75) is 23.8 Å². The summed E-state index contributed by atoms with van der Waals surface area (Å²) in [5, 5.41) is 0. The summed E-state index contributed by atoms with van der Waals surface area (Å²) in [5.74, 6) is 1.04. The quantitative estimate of drug-likeness (QED) is 0.836. The lowest BCUT2D eigenvalue weighted by molar-refractivity contribution is 0.0979. The van der Waals surface area contributed by atoms with Gasteiger partial charge in [0.2, 0.25) is 16.8 Å². The number of fused-ring (bicyclic) bond motifs is 1. The SMILES string of the molecule is CN(CC1CCCO1)S(=O)(=O)c1ccc2c(c1)OCO2. The van der Waals surface area contributed by atoms with Crippen molar-refractivity contribution < 1.29 is 22.6 Å². The summed E-state index contributed by atoms with van der Waals surface area (Å²) in [6.07, 6.45) is 1.88. The Morgan fingerprint density at radius 3 is 2.85 bits per heavy atom. The minimum atomic E-state index is -3.53. The molecule has 110 valence electrons. The molecule has 1 fully saturated rings. The normalized spacial score (nSPS) is 21.6. The molecule has 0 spiro atoms. The number of hydrogen-bond donors (Lipinski definition) is 0. The van der Waals surface area contributed by atoms with Gasteiger partial charge < -0.3 is 14.2 Å². The second-order valence-electron chi connectivity index (χ2n) is 4.94. The predicted molar refractivity (Wildman–Crippen MR) is 71.4 cm³/mol. The van der Waals surface area contributed by atoms with Gasteiger partial charge in [0.25, 0.3) is 0 Å². The Kier molecular flexibility index (Phi) is 3.57. The maximum atomic E-state index is 12.5.